The predicted octanol–water partition coefficient (Wildman–Crippen LogP) is 35.2. The monoisotopic (exact) mass is 1370 g/mol. The highest BCUT2D eigenvalue weighted by molar-refractivity contribution is 5.30. The third-order valence-corrected chi connectivity index (χ3v) is 16.0. The first-order valence-electron chi connectivity index (χ1n) is 42.4. The van der Waals surface area contributed by atoms with E-state index in [1.54, 1.807) is 11.1 Å². The molecule has 0 heterocycles. The first-order chi connectivity index (χ1) is 47.1. The highest BCUT2D eigenvalue weighted by Gasteiger charge is 2.08. The van der Waals surface area contributed by atoms with Crippen molar-refractivity contribution < 1.29 is 0 Å². The molecule has 2 aliphatic carbocycles. The molecule has 5 aromatic carbocycles. The summed E-state index contributed by atoms with van der Waals surface area (Å²) in [5, 5.41) is 0. The Morgan fingerprint density at radius 3 is 0.798 bits per heavy atom. The lowest BCUT2D eigenvalue weighted by atomic mass is 9.91. The van der Waals surface area contributed by atoms with Gasteiger partial charge in [-0.05, 0) is 145 Å². The fraction of sp³-hybridized carbons (Fsp3) is 0.697. The first kappa shape index (κ1) is 108. The minimum Gasteiger partial charge on any atom is -0.0683 e. The number of hydrogen-bond donors (Lipinski definition) is 0. The number of unbranched alkanes of at least 4 members (excludes halogenated alkanes) is 16. The van der Waals surface area contributed by atoms with Crippen LogP contribution in [-0.4, -0.2) is 0 Å². The molecule has 2 saturated carbocycles. The second-order valence-corrected chi connectivity index (χ2v) is 31.1. The van der Waals surface area contributed by atoms with Crippen LogP contribution in [0.2, 0.25) is 0 Å². The van der Waals surface area contributed by atoms with E-state index in [1.807, 2.05) is 32.0 Å². The molecule has 0 saturated heterocycles. The van der Waals surface area contributed by atoms with Crippen LogP contribution in [0.25, 0.3) is 0 Å². The van der Waals surface area contributed by atoms with Crippen LogP contribution in [0.15, 0.2) is 115 Å². The Labute approximate surface area is 628 Å². The summed E-state index contributed by atoms with van der Waals surface area (Å²) in [7, 11) is 0. The number of hydrogen-bond acceptors (Lipinski definition) is 0. The van der Waals surface area contributed by atoms with E-state index in [-0.39, 0.29) is 0 Å². The molecule has 7 rings (SSSR count). The zero-order chi connectivity index (χ0) is 76.8. The Hall–Kier alpha value is -3.90. The highest BCUT2D eigenvalue weighted by atomic mass is 14.1. The first-order valence-corrected chi connectivity index (χ1v) is 42.4. The van der Waals surface area contributed by atoms with E-state index in [2.05, 4.69) is 291 Å². The lowest BCUT2D eigenvalue weighted by molar-refractivity contribution is 0.385. The minimum atomic E-state index is 0.500. The van der Waals surface area contributed by atoms with Gasteiger partial charge in [-0.1, -0.05) is 487 Å². The lowest BCUT2D eigenvalue weighted by Gasteiger charge is -2.15. The molecule has 5 aromatic rings. The summed E-state index contributed by atoms with van der Waals surface area (Å²) in [6.07, 6.45) is 48.5. The minimum absolute atomic E-state index is 0.500. The van der Waals surface area contributed by atoms with E-state index in [1.165, 1.54) is 275 Å². The summed E-state index contributed by atoms with van der Waals surface area (Å²) in [6.45, 7) is 65.3. The van der Waals surface area contributed by atoms with Crippen LogP contribution in [-0.2, 0) is 19.3 Å². The summed E-state index contributed by atoms with van der Waals surface area (Å²) in [6, 6.07) is 41.4. The van der Waals surface area contributed by atoms with E-state index < -0.39 is 0 Å². The van der Waals surface area contributed by atoms with E-state index in [0.29, 0.717) is 5.41 Å². The SMILES string of the molecule is CC.CC(C)(C)C.CC(C)C.CC1CCCC1.CC1CCCCC1.CCC.CCCC.CCCCC.CCCCCCC.CCCCCCc1cc(C)cc(CCCCCC)c1.CCCCCCc1ccc(C)cc1.Cc1ccc(C)c(C)c1.Cc1ccc(C)cc1.Cc1ccccc1. The average Bonchev–Trinajstić information content (AvgIpc) is 1.40. The maximum absolute atomic E-state index is 2.45. The van der Waals surface area contributed by atoms with Crippen LogP contribution in [0.3, 0.4) is 0 Å². The summed E-state index contributed by atoms with van der Waals surface area (Å²) in [4.78, 5) is 0. The number of benzene rings is 5. The number of rotatable bonds is 22. The second-order valence-electron chi connectivity index (χ2n) is 31.1. The quantitative estimate of drug-likeness (QED) is 0.0606. The standard InChI is InChI=1S/C19H32.C13H20.C9H12.C8H10.C7H14.C7H8.C7H16.C6H12.2C5H12.2C4H10.C3H8.C2H6/c1-4-6-8-10-12-18-14-17(3)15-19(16-18)13-11-9-7-5-2;1-3-4-5-6-7-13-10-8-12(2)9-11-13;1-7-4-5-8(2)9(3)6-7;1-7-3-5-8(2)6-4-7;2*1-7-5-3-2-4-6-7;1-3-5-7-6-4-2;1-6-4-2-3-5-6;1-5(2,3)4;1-3-5-4-2;1-4(2)3;1-3-4-2;1-3-2;1-2/h14-16H,4-13H2,1-3H3;8-11H,3-7H2,1-2H3;4-6H,1-3H3;3-6H,1-2H3;7H,2-6H2,1H3;2-6H,1H3;3-7H2,1-2H3;6H,2-5H2,1H3;1-4H3;3-5H2,1-2H3;4H,1-3H3;3-4H2,1-2H3;3H2,1-2H3;1-2H3. The lowest BCUT2D eigenvalue weighted by Crippen LogP contribution is -1.99. The highest BCUT2D eigenvalue weighted by Crippen LogP contribution is 2.24. The zero-order valence-corrected chi connectivity index (χ0v) is 73.5. The van der Waals surface area contributed by atoms with Gasteiger partial charge in [-0.2, -0.15) is 0 Å². The van der Waals surface area contributed by atoms with E-state index in [0.717, 1.165) is 17.8 Å². The largest absolute Gasteiger partial charge is 0.0683 e. The van der Waals surface area contributed by atoms with Crippen molar-refractivity contribution in [3.63, 3.8) is 0 Å². The van der Waals surface area contributed by atoms with E-state index in [9.17, 15) is 0 Å². The van der Waals surface area contributed by atoms with E-state index >= 15 is 0 Å². The van der Waals surface area contributed by atoms with Crippen molar-refractivity contribution in [2.45, 2.75) is 432 Å². The molecule has 0 unspecified atom stereocenters. The fourth-order valence-electron chi connectivity index (χ4n) is 9.79. The second kappa shape index (κ2) is 84.8. The number of aryl methyl sites for hydroxylation is 11. The molecule has 0 amide bonds. The summed E-state index contributed by atoms with van der Waals surface area (Å²) < 4.78 is 0. The fourth-order valence-corrected chi connectivity index (χ4v) is 9.79. The van der Waals surface area contributed by atoms with Crippen molar-refractivity contribution >= 4 is 0 Å². The van der Waals surface area contributed by atoms with Crippen molar-refractivity contribution in [2.75, 3.05) is 0 Å². The maximum atomic E-state index is 2.45. The van der Waals surface area contributed by atoms with Crippen molar-refractivity contribution in [1.82, 2.24) is 0 Å². The van der Waals surface area contributed by atoms with Crippen LogP contribution < -0.4 is 0 Å². The molecule has 99 heavy (non-hydrogen) atoms. The molecule has 0 atom stereocenters. The predicted molar refractivity (Wildman–Crippen MR) is 467 cm³/mol. The van der Waals surface area contributed by atoms with Crippen molar-refractivity contribution in [2.24, 2.45) is 23.2 Å². The average molecular weight is 1370 g/mol. The normalized spacial score (nSPS) is 11.6. The van der Waals surface area contributed by atoms with Crippen LogP contribution in [0.1, 0.15) is 419 Å². The van der Waals surface area contributed by atoms with E-state index in [4.69, 9.17) is 0 Å². The Morgan fingerprint density at radius 1 is 0.293 bits per heavy atom. The van der Waals surface area contributed by atoms with Crippen molar-refractivity contribution in [3.8, 4) is 0 Å². The Bertz CT molecular complexity index is 2150. The van der Waals surface area contributed by atoms with Gasteiger partial charge in [0.1, 0.15) is 0 Å². The Morgan fingerprint density at radius 2 is 0.566 bits per heavy atom. The third-order valence-electron chi connectivity index (χ3n) is 16.0. The van der Waals surface area contributed by atoms with Gasteiger partial charge in [0.25, 0.3) is 0 Å². The van der Waals surface area contributed by atoms with Gasteiger partial charge in [-0.3, -0.25) is 0 Å². The van der Waals surface area contributed by atoms with Gasteiger partial charge >= 0.3 is 0 Å². The molecule has 2 fully saturated rings. The maximum Gasteiger partial charge on any atom is -0.0279 e. The van der Waals surface area contributed by atoms with Crippen molar-refractivity contribution in [1.29, 1.82) is 0 Å². The third kappa shape index (κ3) is 101. The van der Waals surface area contributed by atoms with Crippen LogP contribution in [0.5, 0.6) is 0 Å². The molecule has 0 N–H and O–H groups in total. The summed E-state index contributed by atoms with van der Waals surface area (Å²) in [5.74, 6) is 2.92. The molecule has 578 valence electrons. The molecule has 0 bridgehead atoms. The molecule has 0 heteroatoms. The van der Waals surface area contributed by atoms with Crippen LogP contribution >= 0.6 is 0 Å². The van der Waals surface area contributed by atoms with Gasteiger partial charge in [0, 0.05) is 0 Å². The van der Waals surface area contributed by atoms with Gasteiger partial charge in [0.05, 0.1) is 0 Å². The van der Waals surface area contributed by atoms with Crippen molar-refractivity contribution in [3.05, 3.63) is 176 Å². The molecule has 0 aromatic heterocycles. The smallest absolute Gasteiger partial charge is 0.0279 e. The Balaban J connectivity index is -0.000000191. The Kier molecular flexibility index (Phi) is 92.9. The molecule has 0 spiro atoms. The van der Waals surface area contributed by atoms with Gasteiger partial charge in [-0.15, -0.1) is 0 Å². The molecule has 0 radical (unpaired) electrons. The van der Waals surface area contributed by atoms with Crippen LogP contribution in [0, 0.1) is 78.6 Å². The topological polar surface area (TPSA) is 0 Å². The zero-order valence-electron chi connectivity index (χ0n) is 73.5. The van der Waals surface area contributed by atoms with Gasteiger partial charge in [-0.25, -0.2) is 0 Å². The molecular weight excluding hydrogens is 1190 g/mol. The molecule has 0 aliphatic heterocycles. The molecule has 0 nitrogen and oxygen atoms in total. The van der Waals surface area contributed by atoms with Gasteiger partial charge < -0.3 is 0 Å². The van der Waals surface area contributed by atoms with Gasteiger partial charge in [0.15, 0.2) is 0 Å². The summed E-state index contributed by atoms with van der Waals surface area (Å²) >= 11 is 0. The molecular formula is C99H182. The van der Waals surface area contributed by atoms with Crippen LogP contribution in [0.4, 0.5) is 0 Å². The molecule has 2 aliphatic rings. The summed E-state index contributed by atoms with van der Waals surface area (Å²) in [5.41, 5.74) is 16.0. The van der Waals surface area contributed by atoms with Gasteiger partial charge in [0.2, 0.25) is 0 Å².